The summed E-state index contributed by atoms with van der Waals surface area (Å²) in [4.78, 5) is 32.1. The largest absolute Gasteiger partial charge is 0.345 e. The summed E-state index contributed by atoms with van der Waals surface area (Å²) >= 11 is 1.52. The standard InChI is InChI=1S/C26H25N3O2S/c1-17-8-7-9-18(2)23(17)29-25(31)21-10-5-6-11-22(21)27-26(29)32-16-19-12-14-20(15-13-19)24(30)28(3)4/h5-15H,16H2,1-4H3. The van der Waals surface area contributed by atoms with Gasteiger partial charge in [0.2, 0.25) is 0 Å². The summed E-state index contributed by atoms with van der Waals surface area (Å²) in [6.07, 6.45) is 0. The predicted molar refractivity (Wildman–Crippen MR) is 131 cm³/mol. The zero-order valence-corrected chi connectivity index (χ0v) is 19.4. The van der Waals surface area contributed by atoms with E-state index in [1.165, 1.54) is 11.8 Å². The Bertz CT molecular complexity index is 1340. The van der Waals surface area contributed by atoms with Crippen molar-refractivity contribution in [2.24, 2.45) is 0 Å². The van der Waals surface area contributed by atoms with Gasteiger partial charge in [0.25, 0.3) is 11.5 Å². The molecule has 0 unspecified atom stereocenters. The molecule has 0 atom stereocenters. The molecule has 0 fully saturated rings. The van der Waals surface area contributed by atoms with E-state index in [2.05, 4.69) is 0 Å². The molecule has 1 aromatic heterocycles. The topological polar surface area (TPSA) is 55.2 Å². The molecule has 4 rings (SSSR count). The molecule has 0 radical (unpaired) electrons. The van der Waals surface area contributed by atoms with Crippen LogP contribution in [0.3, 0.4) is 0 Å². The van der Waals surface area contributed by atoms with E-state index < -0.39 is 0 Å². The van der Waals surface area contributed by atoms with Crippen LogP contribution in [-0.4, -0.2) is 34.5 Å². The molecule has 0 spiro atoms. The van der Waals surface area contributed by atoms with Crippen molar-refractivity contribution in [1.82, 2.24) is 14.5 Å². The normalized spacial score (nSPS) is 11.0. The summed E-state index contributed by atoms with van der Waals surface area (Å²) in [5.74, 6) is 0.607. The van der Waals surface area contributed by atoms with Crippen LogP contribution in [0.4, 0.5) is 0 Å². The third-order valence-corrected chi connectivity index (χ3v) is 6.39. The van der Waals surface area contributed by atoms with E-state index in [1.54, 1.807) is 23.6 Å². The van der Waals surface area contributed by atoms with Gasteiger partial charge in [0.1, 0.15) is 0 Å². The number of hydrogen-bond donors (Lipinski definition) is 0. The maximum atomic E-state index is 13.5. The van der Waals surface area contributed by atoms with Crippen molar-refractivity contribution in [1.29, 1.82) is 0 Å². The average molecular weight is 444 g/mol. The van der Waals surface area contributed by atoms with Gasteiger partial charge in [-0.1, -0.05) is 54.2 Å². The lowest BCUT2D eigenvalue weighted by atomic mass is 10.1. The molecular weight excluding hydrogens is 418 g/mol. The van der Waals surface area contributed by atoms with Gasteiger partial charge in [-0.3, -0.25) is 14.2 Å². The molecule has 1 amide bonds. The summed E-state index contributed by atoms with van der Waals surface area (Å²) in [6, 6.07) is 21.1. The number of benzene rings is 3. The number of fused-ring (bicyclic) bond motifs is 1. The fraction of sp³-hybridized carbons (Fsp3) is 0.192. The maximum Gasteiger partial charge on any atom is 0.266 e. The zero-order chi connectivity index (χ0) is 22.8. The Morgan fingerprint density at radius 1 is 0.938 bits per heavy atom. The van der Waals surface area contributed by atoms with E-state index >= 15 is 0 Å². The van der Waals surface area contributed by atoms with Gasteiger partial charge in [0, 0.05) is 25.4 Å². The highest BCUT2D eigenvalue weighted by Crippen LogP contribution is 2.27. The number of thioether (sulfide) groups is 1. The summed E-state index contributed by atoms with van der Waals surface area (Å²) in [5, 5.41) is 1.26. The second-order valence-corrected chi connectivity index (χ2v) is 8.92. The van der Waals surface area contributed by atoms with Gasteiger partial charge in [0.15, 0.2) is 5.16 Å². The SMILES string of the molecule is Cc1cccc(C)c1-n1c(SCc2ccc(C(=O)N(C)C)cc2)nc2ccccc2c1=O. The molecule has 0 saturated carbocycles. The maximum absolute atomic E-state index is 13.5. The summed E-state index contributed by atoms with van der Waals surface area (Å²) in [5.41, 5.74) is 5.26. The van der Waals surface area contributed by atoms with Crippen LogP contribution in [0, 0.1) is 13.8 Å². The van der Waals surface area contributed by atoms with Crippen LogP contribution in [0.1, 0.15) is 27.0 Å². The monoisotopic (exact) mass is 443 g/mol. The van der Waals surface area contributed by atoms with Crippen molar-refractivity contribution < 1.29 is 4.79 Å². The van der Waals surface area contributed by atoms with Crippen LogP contribution in [0.2, 0.25) is 0 Å². The molecule has 4 aromatic rings. The van der Waals surface area contributed by atoms with Crippen molar-refractivity contribution in [3.63, 3.8) is 0 Å². The highest BCUT2D eigenvalue weighted by Gasteiger charge is 2.16. The number of carbonyl (C=O) groups is 1. The molecule has 0 bridgehead atoms. The number of rotatable bonds is 5. The van der Waals surface area contributed by atoms with Crippen LogP contribution >= 0.6 is 11.8 Å². The van der Waals surface area contributed by atoms with E-state index in [-0.39, 0.29) is 11.5 Å². The minimum Gasteiger partial charge on any atom is -0.345 e. The van der Waals surface area contributed by atoms with Crippen LogP contribution in [0.15, 0.2) is 76.7 Å². The van der Waals surface area contributed by atoms with Gasteiger partial charge in [-0.2, -0.15) is 0 Å². The lowest BCUT2D eigenvalue weighted by molar-refractivity contribution is 0.0827. The number of nitrogens with zero attached hydrogens (tertiary/aromatic N) is 3. The molecule has 0 N–H and O–H groups in total. The van der Waals surface area contributed by atoms with Crippen molar-refractivity contribution in [3.8, 4) is 5.69 Å². The Morgan fingerprint density at radius 3 is 2.25 bits per heavy atom. The minimum absolute atomic E-state index is 0.0238. The molecular formula is C26H25N3O2S. The highest BCUT2D eigenvalue weighted by atomic mass is 32.2. The Hall–Kier alpha value is -3.38. The van der Waals surface area contributed by atoms with Gasteiger partial charge in [-0.05, 0) is 54.8 Å². The summed E-state index contributed by atoms with van der Waals surface area (Å²) in [7, 11) is 3.48. The van der Waals surface area contributed by atoms with Gasteiger partial charge < -0.3 is 4.90 Å². The van der Waals surface area contributed by atoms with Crippen LogP contribution in [0.5, 0.6) is 0 Å². The van der Waals surface area contributed by atoms with Gasteiger partial charge in [-0.15, -0.1) is 0 Å². The lowest BCUT2D eigenvalue weighted by Gasteiger charge is -2.17. The third kappa shape index (κ3) is 4.18. The zero-order valence-electron chi connectivity index (χ0n) is 18.6. The lowest BCUT2D eigenvalue weighted by Crippen LogP contribution is -2.23. The molecule has 0 saturated heterocycles. The Labute approximate surface area is 191 Å². The van der Waals surface area contributed by atoms with E-state index in [9.17, 15) is 9.59 Å². The number of amides is 1. The predicted octanol–water partition coefficient (Wildman–Crippen LogP) is 5.00. The van der Waals surface area contributed by atoms with E-state index in [4.69, 9.17) is 4.98 Å². The second-order valence-electron chi connectivity index (χ2n) is 7.98. The fourth-order valence-electron chi connectivity index (χ4n) is 3.71. The molecule has 0 aliphatic rings. The molecule has 3 aromatic carbocycles. The van der Waals surface area contributed by atoms with Gasteiger partial charge in [-0.25, -0.2) is 4.98 Å². The third-order valence-electron chi connectivity index (χ3n) is 5.38. The van der Waals surface area contributed by atoms with Crippen LogP contribution in [0.25, 0.3) is 16.6 Å². The van der Waals surface area contributed by atoms with Crippen molar-refractivity contribution in [3.05, 3.63) is 99.3 Å². The first-order chi connectivity index (χ1) is 15.4. The smallest absolute Gasteiger partial charge is 0.266 e. The highest BCUT2D eigenvalue weighted by molar-refractivity contribution is 7.98. The molecule has 1 heterocycles. The Kier molecular flexibility index (Phi) is 6.15. The van der Waals surface area contributed by atoms with Crippen molar-refractivity contribution >= 4 is 28.6 Å². The first-order valence-corrected chi connectivity index (χ1v) is 11.4. The number of para-hydroxylation sites is 2. The first kappa shape index (κ1) is 21.8. The van der Waals surface area contributed by atoms with Crippen molar-refractivity contribution in [2.45, 2.75) is 24.8 Å². The first-order valence-electron chi connectivity index (χ1n) is 10.4. The van der Waals surface area contributed by atoms with Gasteiger partial charge >= 0.3 is 0 Å². The minimum atomic E-state index is -0.0672. The van der Waals surface area contributed by atoms with Crippen molar-refractivity contribution in [2.75, 3.05) is 14.1 Å². The molecule has 162 valence electrons. The molecule has 32 heavy (non-hydrogen) atoms. The number of aryl methyl sites for hydroxylation is 2. The quantitative estimate of drug-likeness (QED) is 0.322. The number of hydrogen-bond acceptors (Lipinski definition) is 4. The van der Waals surface area contributed by atoms with E-state index in [0.717, 1.165) is 22.4 Å². The number of carbonyl (C=O) groups excluding carboxylic acids is 1. The average Bonchev–Trinajstić information content (AvgIpc) is 2.79. The van der Waals surface area contributed by atoms with E-state index in [1.807, 2.05) is 80.6 Å². The molecule has 5 nitrogen and oxygen atoms in total. The molecule has 0 aliphatic heterocycles. The molecule has 6 heteroatoms. The van der Waals surface area contributed by atoms with E-state index in [0.29, 0.717) is 27.4 Å². The fourth-order valence-corrected chi connectivity index (χ4v) is 4.67. The second kappa shape index (κ2) is 9.01. The summed E-state index contributed by atoms with van der Waals surface area (Å²) < 4.78 is 1.74. The summed E-state index contributed by atoms with van der Waals surface area (Å²) in [6.45, 7) is 4.03. The van der Waals surface area contributed by atoms with Crippen LogP contribution < -0.4 is 5.56 Å². The van der Waals surface area contributed by atoms with Crippen LogP contribution in [-0.2, 0) is 5.75 Å². The Balaban J connectivity index is 1.75. The molecule has 0 aliphatic carbocycles. The Morgan fingerprint density at radius 2 is 1.59 bits per heavy atom. The van der Waals surface area contributed by atoms with Gasteiger partial charge in [0.05, 0.1) is 16.6 Å². The number of aromatic nitrogens is 2.